The normalized spacial score (nSPS) is 18.9. The van der Waals surface area contributed by atoms with Gasteiger partial charge in [0.1, 0.15) is 0 Å². The van der Waals surface area contributed by atoms with Crippen LogP contribution < -0.4 is 0 Å². The van der Waals surface area contributed by atoms with Gasteiger partial charge < -0.3 is 0 Å². The third kappa shape index (κ3) is 4.71. The molecule has 0 saturated carbocycles. The summed E-state index contributed by atoms with van der Waals surface area (Å²) < 4.78 is 6.99. The molecule has 1 saturated heterocycles. The van der Waals surface area contributed by atoms with Gasteiger partial charge in [0, 0.05) is 0 Å². The fraction of sp³-hybridized carbons (Fsp3) is 1.00. The Hall–Kier alpha value is 0.799. The van der Waals surface area contributed by atoms with E-state index in [-0.39, 0.29) is 0 Å². The van der Waals surface area contributed by atoms with E-state index in [1.165, 1.54) is 25.7 Å². The monoisotopic (exact) mass is 290 g/mol. The first-order valence-corrected chi connectivity index (χ1v) is 14.4. The first kappa shape index (κ1) is 11.9. The van der Waals surface area contributed by atoms with E-state index in [0.29, 0.717) is 0 Å². The van der Waals surface area contributed by atoms with Crippen molar-refractivity contribution in [3.63, 3.8) is 0 Å². The van der Waals surface area contributed by atoms with Crippen LogP contribution in [0.25, 0.3) is 0 Å². The molecule has 0 aliphatic carbocycles. The van der Waals surface area contributed by atoms with Crippen molar-refractivity contribution in [2.24, 2.45) is 0 Å². The zero-order valence-electron chi connectivity index (χ0n) is 9.57. The van der Waals surface area contributed by atoms with E-state index in [4.69, 9.17) is 0 Å². The molecule has 0 N–H and O–H groups in total. The Kier molecular flexibility index (Phi) is 5.77. The molecular formula is C12H26Sn. The van der Waals surface area contributed by atoms with Gasteiger partial charge in [0.05, 0.1) is 0 Å². The molecule has 78 valence electrons. The quantitative estimate of drug-likeness (QED) is 0.443. The minimum absolute atomic E-state index is 1.23. The molecule has 0 unspecified atom stereocenters. The molecule has 1 aliphatic rings. The van der Waals surface area contributed by atoms with E-state index in [2.05, 4.69) is 13.8 Å². The van der Waals surface area contributed by atoms with Crippen molar-refractivity contribution in [2.75, 3.05) is 0 Å². The summed E-state index contributed by atoms with van der Waals surface area (Å²) in [4.78, 5) is 0. The van der Waals surface area contributed by atoms with Gasteiger partial charge in [-0.2, -0.15) is 0 Å². The van der Waals surface area contributed by atoms with Gasteiger partial charge in [0.25, 0.3) is 0 Å². The second-order valence-corrected chi connectivity index (χ2v) is 19.2. The van der Waals surface area contributed by atoms with Crippen molar-refractivity contribution in [2.45, 2.75) is 70.1 Å². The molecule has 1 heteroatoms. The molecule has 0 aromatic rings. The number of hydrogen-bond donors (Lipinski definition) is 0. The van der Waals surface area contributed by atoms with Gasteiger partial charge in [-0.25, -0.2) is 0 Å². The van der Waals surface area contributed by atoms with Crippen LogP contribution in [0.4, 0.5) is 0 Å². The van der Waals surface area contributed by atoms with Crippen LogP contribution in [0, 0.1) is 0 Å². The van der Waals surface area contributed by atoms with E-state index in [1.807, 2.05) is 0 Å². The number of hydrogen-bond acceptors (Lipinski definition) is 0. The van der Waals surface area contributed by atoms with Crippen molar-refractivity contribution < 1.29 is 0 Å². The van der Waals surface area contributed by atoms with Gasteiger partial charge in [-0.15, -0.1) is 0 Å². The van der Waals surface area contributed by atoms with Crippen LogP contribution in [0.15, 0.2) is 0 Å². The molecule has 13 heavy (non-hydrogen) atoms. The third-order valence-electron chi connectivity index (χ3n) is 3.58. The van der Waals surface area contributed by atoms with Gasteiger partial charge in [-0.3, -0.25) is 0 Å². The number of unbranched alkanes of at least 4 members (excludes halogenated alkanes) is 4. The zero-order valence-corrected chi connectivity index (χ0v) is 12.4. The van der Waals surface area contributed by atoms with E-state index < -0.39 is 18.4 Å². The van der Waals surface area contributed by atoms with E-state index in [0.717, 1.165) is 0 Å². The third-order valence-corrected chi connectivity index (χ3v) is 17.1. The Morgan fingerprint density at radius 3 is 1.54 bits per heavy atom. The van der Waals surface area contributed by atoms with Gasteiger partial charge in [0.15, 0.2) is 0 Å². The first-order chi connectivity index (χ1) is 6.33. The minimum atomic E-state index is -1.23. The van der Waals surface area contributed by atoms with Crippen LogP contribution in [0.3, 0.4) is 0 Å². The van der Waals surface area contributed by atoms with E-state index >= 15 is 0 Å². The summed E-state index contributed by atoms with van der Waals surface area (Å²) in [5.41, 5.74) is 0. The van der Waals surface area contributed by atoms with Crippen molar-refractivity contribution in [1.82, 2.24) is 0 Å². The predicted molar refractivity (Wildman–Crippen MR) is 64.0 cm³/mol. The molecule has 0 aromatic carbocycles. The summed E-state index contributed by atoms with van der Waals surface area (Å²) in [7, 11) is 0. The Bertz CT molecular complexity index is 115. The molecular weight excluding hydrogens is 263 g/mol. The molecule has 1 fully saturated rings. The van der Waals surface area contributed by atoms with Crippen LogP contribution in [-0.4, -0.2) is 18.4 Å². The van der Waals surface area contributed by atoms with Gasteiger partial charge in [-0.1, -0.05) is 0 Å². The topological polar surface area (TPSA) is 0 Å². The van der Waals surface area contributed by atoms with Gasteiger partial charge in [-0.05, 0) is 0 Å². The van der Waals surface area contributed by atoms with Crippen molar-refractivity contribution in [1.29, 1.82) is 0 Å². The van der Waals surface area contributed by atoms with Crippen molar-refractivity contribution >= 4 is 18.4 Å². The summed E-state index contributed by atoms with van der Waals surface area (Å²) in [5.74, 6) is 0. The first-order valence-electron chi connectivity index (χ1n) is 6.33. The molecule has 1 heterocycles. The Balaban J connectivity index is 2.01. The van der Waals surface area contributed by atoms with Crippen LogP contribution in [-0.2, 0) is 0 Å². The van der Waals surface area contributed by atoms with Crippen molar-refractivity contribution in [3.8, 4) is 0 Å². The fourth-order valence-electron chi connectivity index (χ4n) is 2.30. The Morgan fingerprint density at radius 1 is 0.769 bits per heavy atom. The molecule has 0 nitrogen and oxygen atoms in total. The second kappa shape index (κ2) is 6.31. The van der Waals surface area contributed by atoms with Crippen LogP contribution in [0.5, 0.6) is 0 Å². The summed E-state index contributed by atoms with van der Waals surface area (Å²) in [5, 5.41) is 0. The summed E-state index contributed by atoms with van der Waals surface area (Å²) in [6.07, 6.45) is 9.00. The average molecular weight is 289 g/mol. The molecule has 0 bridgehead atoms. The van der Waals surface area contributed by atoms with Gasteiger partial charge in [0.2, 0.25) is 0 Å². The maximum atomic E-state index is 2.33. The standard InChI is InChI=1S/2C5H11.C2H4.Sn/c2*1-3-5-4-2;1-2;/h2*1,3-5H2,2H3;1-2H2;. The van der Waals surface area contributed by atoms with E-state index in [9.17, 15) is 0 Å². The maximum absolute atomic E-state index is 2.33. The molecule has 0 amide bonds. The molecule has 0 spiro atoms. The second-order valence-electron chi connectivity index (χ2n) is 4.91. The van der Waals surface area contributed by atoms with Crippen LogP contribution in [0.2, 0.25) is 17.7 Å². The van der Waals surface area contributed by atoms with Crippen LogP contribution >= 0.6 is 0 Å². The summed E-state index contributed by atoms with van der Waals surface area (Å²) in [6.45, 7) is 4.65. The Morgan fingerprint density at radius 2 is 1.23 bits per heavy atom. The Labute approximate surface area is 88.4 Å². The SMILES string of the molecule is CCCC[CH2][Sn]1([CH2]CCCC)[CH2][CH2]1. The molecule has 0 aromatic heterocycles. The number of rotatable bonds is 8. The molecule has 0 radical (unpaired) electrons. The molecule has 1 rings (SSSR count). The molecule has 1 aliphatic heterocycles. The van der Waals surface area contributed by atoms with Gasteiger partial charge >= 0.3 is 88.5 Å². The predicted octanol–water partition coefficient (Wildman–Crippen LogP) is 4.83. The zero-order chi connectivity index (χ0) is 9.57. The summed E-state index contributed by atoms with van der Waals surface area (Å²) in [6, 6.07) is 0. The summed E-state index contributed by atoms with van der Waals surface area (Å²) >= 11 is -1.23. The van der Waals surface area contributed by atoms with E-state index in [1.54, 1.807) is 30.6 Å². The average Bonchev–Trinajstić information content (AvgIpc) is 2.87. The molecule has 0 atom stereocenters. The van der Waals surface area contributed by atoms with Crippen LogP contribution in [0.1, 0.15) is 52.4 Å². The fourth-order valence-corrected chi connectivity index (χ4v) is 19.4. The van der Waals surface area contributed by atoms with Crippen molar-refractivity contribution in [3.05, 3.63) is 0 Å².